The number of thioether (sulfide) groups is 1. The van der Waals surface area contributed by atoms with E-state index in [0.29, 0.717) is 32.9 Å². The van der Waals surface area contributed by atoms with Gasteiger partial charge in [0.25, 0.3) is 5.91 Å². The second-order valence-electron chi connectivity index (χ2n) is 7.63. The second-order valence-corrected chi connectivity index (χ2v) is 9.64. The van der Waals surface area contributed by atoms with Crippen molar-refractivity contribution in [2.24, 2.45) is 0 Å². The molecule has 2 amide bonds. The van der Waals surface area contributed by atoms with Crippen LogP contribution in [0.2, 0.25) is 10.0 Å². The first kappa shape index (κ1) is 23.9. The van der Waals surface area contributed by atoms with Crippen LogP contribution >= 0.6 is 35.0 Å². The average Bonchev–Trinajstić information content (AvgIpc) is 3.14. The molecule has 0 spiro atoms. The number of aryl methyl sites for hydroxylation is 1. The lowest BCUT2D eigenvalue weighted by atomic mass is 10.1. The molecule has 8 heteroatoms. The number of nitrogens with zero attached hydrogens (tertiary/aromatic N) is 2. The van der Waals surface area contributed by atoms with Crippen molar-refractivity contribution in [3.8, 4) is 6.07 Å². The zero-order valence-corrected chi connectivity index (χ0v) is 20.4. The largest absolute Gasteiger partial charge is 0.321 e. The van der Waals surface area contributed by atoms with E-state index in [9.17, 15) is 14.9 Å². The second kappa shape index (κ2) is 10.4. The molecule has 1 N–H and O–H groups in total. The third-order valence-corrected chi connectivity index (χ3v) is 7.32. The molecule has 1 unspecified atom stereocenters. The van der Waals surface area contributed by atoms with E-state index in [2.05, 4.69) is 5.32 Å². The highest BCUT2D eigenvalue weighted by atomic mass is 35.5. The number of anilines is 2. The number of carbonyl (C=O) groups excluding carboxylic acids is 2. The Kier molecular flexibility index (Phi) is 7.28. The van der Waals surface area contributed by atoms with E-state index in [1.807, 2.05) is 37.3 Å². The Morgan fingerprint density at radius 3 is 2.44 bits per heavy atom. The van der Waals surface area contributed by atoms with Crippen molar-refractivity contribution in [2.45, 2.75) is 18.6 Å². The van der Waals surface area contributed by atoms with E-state index >= 15 is 0 Å². The quantitative estimate of drug-likeness (QED) is 0.321. The number of nitriles is 1. The molecular formula is C26H19Cl2N3O2S. The molecule has 1 saturated heterocycles. The summed E-state index contributed by atoms with van der Waals surface area (Å²) in [4.78, 5) is 28.1. The fraction of sp³-hybridized carbons (Fsp3) is 0.115. The van der Waals surface area contributed by atoms with Crippen LogP contribution in [0, 0.1) is 18.3 Å². The molecule has 170 valence electrons. The Morgan fingerprint density at radius 1 is 1.06 bits per heavy atom. The Bertz CT molecular complexity index is 1340. The number of rotatable bonds is 5. The molecule has 1 aliphatic heterocycles. The highest BCUT2D eigenvalue weighted by Crippen LogP contribution is 2.42. The third kappa shape index (κ3) is 4.97. The number of carbonyl (C=O) groups is 2. The summed E-state index contributed by atoms with van der Waals surface area (Å²) in [6.07, 6.45) is 0.366. The molecule has 1 atom stereocenters. The van der Waals surface area contributed by atoms with Crippen LogP contribution in [0.5, 0.6) is 0 Å². The minimum Gasteiger partial charge on any atom is -0.321 e. The molecule has 0 bridgehead atoms. The first-order valence-electron chi connectivity index (χ1n) is 10.4. The van der Waals surface area contributed by atoms with Gasteiger partial charge in [-0.2, -0.15) is 5.26 Å². The third-order valence-electron chi connectivity index (χ3n) is 5.32. The smallest absolute Gasteiger partial charge is 0.269 e. The molecule has 0 aromatic heterocycles. The van der Waals surface area contributed by atoms with E-state index in [1.54, 1.807) is 48.5 Å². The van der Waals surface area contributed by atoms with Crippen molar-refractivity contribution in [3.05, 3.63) is 105 Å². The van der Waals surface area contributed by atoms with Gasteiger partial charge in [-0.05, 0) is 54.8 Å². The Hall–Kier alpha value is -3.24. The standard InChI is InChI=1S/C26H19Cl2N3O2S/c1-16-7-5-6-10-22(16)30-24(32)19(15-29)26-31(18-8-3-2-4-9-18)25(33)23(34-26)14-17-11-12-20(27)21(28)13-17/h2-13,23H,14H2,1H3,(H,30,32). The number of halogens is 2. The van der Waals surface area contributed by atoms with E-state index in [1.165, 1.54) is 16.7 Å². The molecule has 1 heterocycles. The van der Waals surface area contributed by atoms with Gasteiger partial charge in [0.15, 0.2) is 0 Å². The van der Waals surface area contributed by atoms with Gasteiger partial charge in [-0.15, -0.1) is 0 Å². The Labute approximate surface area is 212 Å². The molecule has 34 heavy (non-hydrogen) atoms. The summed E-state index contributed by atoms with van der Waals surface area (Å²) in [6.45, 7) is 1.87. The number of nitrogens with one attached hydrogen (secondary N) is 1. The number of amides is 2. The van der Waals surface area contributed by atoms with Gasteiger partial charge in [-0.25, -0.2) is 0 Å². The van der Waals surface area contributed by atoms with Gasteiger partial charge in [0, 0.05) is 11.4 Å². The molecule has 3 aromatic carbocycles. The molecule has 0 radical (unpaired) electrons. The molecular weight excluding hydrogens is 489 g/mol. The maximum absolute atomic E-state index is 13.5. The number of para-hydroxylation sites is 2. The lowest BCUT2D eigenvalue weighted by Crippen LogP contribution is -2.30. The highest BCUT2D eigenvalue weighted by Gasteiger charge is 2.40. The number of hydrogen-bond donors (Lipinski definition) is 1. The van der Waals surface area contributed by atoms with Crippen molar-refractivity contribution in [1.29, 1.82) is 5.26 Å². The zero-order valence-electron chi connectivity index (χ0n) is 18.1. The fourth-order valence-corrected chi connectivity index (χ4v) is 5.21. The SMILES string of the molecule is Cc1ccccc1NC(=O)C(C#N)=C1SC(Cc2ccc(Cl)c(Cl)c2)C(=O)N1c1ccccc1. The maximum atomic E-state index is 13.5. The van der Waals surface area contributed by atoms with E-state index in [-0.39, 0.29) is 11.5 Å². The van der Waals surface area contributed by atoms with Gasteiger partial charge in [-0.1, -0.05) is 77.4 Å². The molecule has 0 aliphatic carbocycles. The van der Waals surface area contributed by atoms with Gasteiger partial charge >= 0.3 is 0 Å². The lowest BCUT2D eigenvalue weighted by molar-refractivity contribution is -0.117. The molecule has 1 fully saturated rings. The summed E-state index contributed by atoms with van der Waals surface area (Å²) in [5.74, 6) is -0.781. The van der Waals surface area contributed by atoms with Gasteiger partial charge in [0.1, 0.15) is 16.7 Å². The average molecular weight is 508 g/mol. The minimum atomic E-state index is -0.566. The van der Waals surface area contributed by atoms with Gasteiger partial charge in [0.05, 0.1) is 15.3 Å². The summed E-state index contributed by atoms with van der Waals surface area (Å²) >= 11 is 13.4. The summed E-state index contributed by atoms with van der Waals surface area (Å²) < 4.78 is 0. The fourth-order valence-electron chi connectivity index (χ4n) is 3.58. The molecule has 4 rings (SSSR count). The van der Waals surface area contributed by atoms with Crippen molar-refractivity contribution < 1.29 is 9.59 Å². The van der Waals surface area contributed by atoms with E-state index in [4.69, 9.17) is 23.2 Å². The summed E-state index contributed by atoms with van der Waals surface area (Å²) in [7, 11) is 0. The van der Waals surface area contributed by atoms with Crippen LogP contribution < -0.4 is 10.2 Å². The first-order chi connectivity index (χ1) is 16.4. The molecule has 5 nitrogen and oxygen atoms in total. The zero-order chi connectivity index (χ0) is 24.2. The first-order valence-corrected chi connectivity index (χ1v) is 12.0. The van der Waals surface area contributed by atoms with Crippen LogP contribution in [-0.4, -0.2) is 17.1 Å². The van der Waals surface area contributed by atoms with Crippen LogP contribution in [0.15, 0.2) is 83.4 Å². The topological polar surface area (TPSA) is 73.2 Å². The van der Waals surface area contributed by atoms with E-state index in [0.717, 1.165) is 11.1 Å². The monoisotopic (exact) mass is 507 g/mol. The highest BCUT2D eigenvalue weighted by molar-refractivity contribution is 8.05. The number of benzene rings is 3. The summed E-state index contributed by atoms with van der Waals surface area (Å²) in [5, 5.41) is 13.3. The van der Waals surface area contributed by atoms with Gasteiger partial charge in [0.2, 0.25) is 5.91 Å². The van der Waals surface area contributed by atoms with Crippen LogP contribution in [-0.2, 0) is 16.0 Å². The van der Waals surface area contributed by atoms with Gasteiger partial charge in [-0.3, -0.25) is 14.5 Å². The molecule has 0 saturated carbocycles. The predicted molar refractivity (Wildman–Crippen MR) is 138 cm³/mol. The minimum absolute atomic E-state index is 0.123. The summed E-state index contributed by atoms with van der Waals surface area (Å²) in [6, 6.07) is 23.5. The lowest BCUT2D eigenvalue weighted by Gasteiger charge is -2.18. The predicted octanol–water partition coefficient (Wildman–Crippen LogP) is 6.37. The van der Waals surface area contributed by atoms with Crippen molar-refractivity contribution in [2.75, 3.05) is 10.2 Å². The van der Waals surface area contributed by atoms with Crippen molar-refractivity contribution >= 4 is 58.2 Å². The van der Waals surface area contributed by atoms with Gasteiger partial charge < -0.3 is 5.32 Å². The Morgan fingerprint density at radius 2 is 1.76 bits per heavy atom. The number of hydrogen-bond acceptors (Lipinski definition) is 4. The van der Waals surface area contributed by atoms with Crippen LogP contribution in [0.25, 0.3) is 0 Å². The maximum Gasteiger partial charge on any atom is 0.269 e. The van der Waals surface area contributed by atoms with Crippen LogP contribution in [0.1, 0.15) is 11.1 Å². The molecule has 1 aliphatic rings. The van der Waals surface area contributed by atoms with Crippen LogP contribution in [0.3, 0.4) is 0 Å². The van der Waals surface area contributed by atoms with Crippen LogP contribution in [0.4, 0.5) is 11.4 Å². The van der Waals surface area contributed by atoms with E-state index < -0.39 is 11.2 Å². The molecule has 3 aromatic rings. The van der Waals surface area contributed by atoms with Crippen molar-refractivity contribution in [3.63, 3.8) is 0 Å². The summed E-state index contributed by atoms with van der Waals surface area (Å²) in [5.41, 5.74) is 2.77. The van der Waals surface area contributed by atoms with Crippen molar-refractivity contribution in [1.82, 2.24) is 0 Å². The Balaban J connectivity index is 1.72. The normalized spacial score (nSPS) is 16.8.